The lowest BCUT2D eigenvalue weighted by Crippen LogP contribution is -2.27. The van der Waals surface area contributed by atoms with E-state index in [2.05, 4.69) is 26.0 Å². The van der Waals surface area contributed by atoms with Crippen LogP contribution in [0.2, 0.25) is 5.02 Å². The number of hydrogen-bond donors (Lipinski definition) is 3. The van der Waals surface area contributed by atoms with Crippen molar-refractivity contribution in [1.29, 1.82) is 0 Å². The molecule has 2 aliphatic rings. The summed E-state index contributed by atoms with van der Waals surface area (Å²) in [7, 11) is 1.79. The quantitative estimate of drug-likeness (QED) is 0.471. The van der Waals surface area contributed by atoms with Gasteiger partial charge in [-0.2, -0.15) is 15.4 Å². The van der Waals surface area contributed by atoms with Crippen LogP contribution >= 0.6 is 11.6 Å². The Balaban J connectivity index is 1.20. The lowest BCUT2D eigenvalue weighted by molar-refractivity contribution is 0.0941. The summed E-state index contributed by atoms with van der Waals surface area (Å²) in [5.74, 6) is -0.337. The van der Waals surface area contributed by atoms with Crippen LogP contribution in [0.25, 0.3) is 0 Å². The zero-order valence-electron chi connectivity index (χ0n) is 18.5. The van der Waals surface area contributed by atoms with Crippen molar-refractivity contribution in [2.45, 2.75) is 50.8 Å². The molecule has 0 spiro atoms. The van der Waals surface area contributed by atoms with Gasteiger partial charge in [0.05, 0.1) is 16.8 Å². The van der Waals surface area contributed by atoms with Crippen molar-refractivity contribution in [2.24, 2.45) is 7.05 Å². The molecule has 1 fully saturated rings. The molecule has 0 bridgehead atoms. The van der Waals surface area contributed by atoms with E-state index in [9.17, 15) is 14.0 Å². The van der Waals surface area contributed by atoms with Crippen molar-refractivity contribution in [3.63, 3.8) is 0 Å². The molecule has 34 heavy (non-hydrogen) atoms. The van der Waals surface area contributed by atoms with Crippen molar-refractivity contribution < 1.29 is 18.7 Å². The Morgan fingerprint density at radius 3 is 2.88 bits per heavy atom. The molecule has 5 rings (SSSR count). The summed E-state index contributed by atoms with van der Waals surface area (Å²) in [6.45, 7) is 0.279. The first-order valence-corrected chi connectivity index (χ1v) is 11.5. The first-order valence-electron chi connectivity index (χ1n) is 11.1. The number of alkyl carbamates (subject to hydrolysis) is 1. The molecule has 0 aliphatic heterocycles. The number of aryl methyl sites for hydroxylation is 1. The van der Waals surface area contributed by atoms with E-state index < -0.39 is 11.9 Å². The molecule has 2 amide bonds. The Hall–Kier alpha value is -3.40. The number of aromatic amines is 1. The SMILES string of the molecule is Cn1cc2c(c1C(=O)NCc1ccc(F)c(Cl)c1)CCC2NC(=O)OCc1n[nH]nc1C1CC1. The molecule has 3 aromatic rings. The number of amides is 2. The average Bonchev–Trinajstić information content (AvgIpc) is 3.28. The van der Waals surface area contributed by atoms with Gasteiger partial charge in [-0.25, -0.2) is 9.18 Å². The van der Waals surface area contributed by atoms with Crippen molar-refractivity contribution >= 4 is 23.6 Å². The molecule has 2 aromatic heterocycles. The van der Waals surface area contributed by atoms with E-state index in [4.69, 9.17) is 16.3 Å². The number of carbonyl (C=O) groups is 2. The molecule has 1 unspecified atom stereocenters. The van der Waals surface area contributed by atoms with Gasteiger partial charge in [0, 0.05) is 25.7 Å². The van der Waals surface area contributed by atoms with Crippen molar-refractivity contribution in [3.8, 4) is 0 Å². The molecule has 1 aromatic carbocycles. The molecular formula is C23H24ClFN6O3. The standard InChI is InChI=1S/C23H24ClFN6O3/c1-31-10-15-14(21(31)22(32)26-9-12-2-6-17(25)16(24)8-12)5-7-18(15)27-23(33)34-11-19-20(13-3-4-13)29-30-28-19/h2,6,8,10,13,18H,3-5,7,9,11H2,1H3,(H,26,32)(H,27,33)(H,28,29,30). The molecule has 2 heterocycles. The fourth-order valence-electron chi connectivity index (χ4n) is 4.44. The highest BCUT2D eigenvalue weighted by molar-refractivity contribution is 6.30. The molecule has 2 aliphatic carbocycles. The average molecular weight is 487 g/mol. The van der Waals surface area contributed by atoms with Crippen LogP contribution < -0.4 is 10.6 Å². The summed E-state index contributed by atoms with van der Waals surface area (Å²) in [6.07, 6.45) is 4.81. The van der Waals surface area contributed by atoms with E-state index in [-0.39, 0.29) is 30.1 Å². The van der Waals surface area contributed by atoms with Gasteiger partial charge in [-0.3, -0.25) is 4.79 Å². The molecule has 0 saturated heterocycles. The number of carbonyl (C=O) groups excluding carboxylic acids is 2. The number of aromatic nitrogens is 4. The van der Waals surface area contributed by atoms with E-state index >= 15 is 0 Å². The Morgan fingerprint density at radius 1 is 1.29 bits per heavy atom. The zero-order chi connectivity index (χ0) is 23.8. The number of nitrogens with one attached hydrogen (secondary N) is 3. The predicted molar refractivity (Wildman–Crippen MR) is 121 cm³/mol. The van der Waals surface area contributed by atoms with Crippen LogP contribution in [0.5, 0.6) is 0 Å². The minimum Gasteiger partial charge on any atom is -0.443 e. The summed E-state index contributed by atoms with van der Waals surface area (Å²) in [6, 6.07) is 4.10. The number of halogens is 2. The first kappa shape index (κ1) is 22.4. The second-order valence-electron chi connectivity index (χ2n) is 8.70. The number of benzene rings is 1. The topological polar surface area (TPSA) is 114 Å². The fraction of sp³-hybridized carbons (Fsp3) is 0.391. The number of nitrogens with zero attached hydrogens (tertiary/aromatic N) is 3. The van der Waals surface area contributed by atoms with Gasteiger partial charge >= 0.3 is 6.09 Å². The number of ether oxygens (including phenoxy) is 1. The maximum atomic E-state index is 13.4. The van der Waals surface area contributed by atoms with Gasteiger partial charge in [0.15, 0.2) is 0 Å². The van der Waals surface area contributed by atoms with E-state index in [0.29, 0.717) is 35.7 Å². The fourth-order valence-corrected chi connectivity index (χ4v) is 4.64. The highest BCUT2D eigenvalue weighted by atomic mass is 35.5. The lowest BCUT2D eigenvalue weighted by atomic mass is 10.1. The number of hydrogen-bond acceptors (Lipinski definition) is 5. The van der Waals surface area contributed by atoms with Crippen LogP contribution in [0.4, 0.5) is 9.18 Å². The van der Waals surface area contributed by atoms with Crippen LogP contribution in [0.15, 0.2) is 24.4 Å². The Labute approximate surface area is 200 Å². The Kier molecular flexibility index (Phi) is 5.99. The number of H-pyrrole nitrogens is 1. The Morgan fingerprint density at radius 2 is 2.12 bits per heavy atom. The Bertz CT molecular complexity index is 1250. The summed E-state index contributed by atoms with van der Waals surface area (Å²) >= 11 is 5.82. The second-order valence-corrected chi connectivity index (χ2v) is 9.10. The van der Waals surface area contributed by atoms with Crippen LogP contribution in [-0.4, -0.2) is 32.0 Å². The minimum atomic E-state index is -0.536. The van der Waals surface area contributed by atoms with Crippen LogP contribution in [-0.2, 0) is 31.4 Å². The van der Waals surface area contributed by atoms with E-state index in [1.54, 1.807) is 17.7 Å². The summed E-state index contributed by atoms with van der Waals surface area (Å²) in [5.41, 5.74) is 4.57. The van der Waals surface area contributed by atoms with Gasteiger partial charge in [0.1, 0.15) is 23.8 Å². The number of fused-ring (bicyclic) bond motifs is 1. The van der Waals surface area contributed by atoms with Gasteiger partial charge in [-0.15, -0.1) is 0 Å². The molecule has 1 atom stereocenters. The van der Waals surface area contributed by atoms with Gasteiger partial charge in [-0.05, 0) is 54.5 Å². The van der Waals surface area contributed by atoms with Gasteiger partial charge in [0.2, 0.25) is 0 Å². The molecule has 9 nitrogen and oxygen atoms in total. The van der Waals surface area contributed by atoms with E-state index in [1.807, 2.05) is 6.20 Å². The largest absolute Gasteiger partial charge is 0.443 e. The lowest BCUT2D eigenvalue weighted by Gasteiger charge is -2.13. The van der Waals surface area contributed by atoms with Crippen LogP contribution in [0.3, 0.4) is 0 Å². The smallest absolute Gasteiger partial charge is 0.408 e. The highest BCUT2D eigenvalue weighted by Gasteiger charge is 2.32. The van der Waals surface area contributed by atoms with Gasteiger partial charge < -0.3 is 19.9 Å². The van der Waals surface area contributed by atoms with Crippen molar-refractivity contribution in [3.05, 3.63) is 69.0 Å². The molecule has 0 radical (unpaired) electrons. The van der Waals surface area contributed by atoms with E-state index in [0.717, 1.165) is 29.7 Å². The highest BCUT2D eigenvalue weighted by Crippen LogP contribution is 2.40. The molecule has 3 N–H and O–H groups in total. The second kappa shape index (κ2) is 9.09. The predicted octanol–water partition coefficient (Wildman–Crippen LogP) is 3.66. The zero-order valence-corrected chi connectivity index (χ0v) is 19.3. The monoisotopic (exact) mass is 486 g/mol. The first-order chi connectivity index (χ1) is 16.4. The third-order valence-electron chi connectivity index (χ3n) is 6.28. The van der Waals surface area contributed by atoms with Crippen molar-refractivity contribution in [2.75, 3.05) is 0 Å². The molecule has 1 saturated carbocycles. The molecular weight excluding hydrogens is 463 g/mol. The minimum absolute atomic E-state index is 0.0135. The van der Waals surface area contributed by atoms with Crippen LogP contribution in [0.1, 0.15) is 69.8 Å². The van der Waals surface area contributed by atoms with Gasteiger partial charge in [-0.1, -0.05) is 17.7 Å². The third-order valence-corrected chi connectivity index (χ3v) is 6.57. The van der Waals surface area contributed by atoms with Crippen LogP contribution in [0, 0.1) is 5.82 Å². The summed E-state index contributed by atoms with van der Waals surface area (Å²) < 4.78 is 20.5. The normalized spacial score (nSPS) is 16.9. The maximum Gasteiger partial charge on any atom is 0.408 e. The summed E-state index contributed by atoms with van der Waals surface area (Å²) in [4.78, 5) is 25.3. The number of rotatable bonds is 7. The molecule has 11 heteroatoms. The maximum absolute atomic E-state index is 13.4. The summed E-state index contributed by atoms with van der Waals surface area (Å²) in [5, 5.41) is 16.6. The van der Waals surface area contributed by atoms with Crippen molar-refractivity contribution in [1.82, 2.24) is 30.6 Å². The van der Waals surface area contributed by atoms with E-state index in [1.165, 1.54) is 12.1 Å². The third kappa shape index (κ3) is 4.50. The molecule has 178 valence electrons. The van der Waals surface area contributed by atoms with Gasteiger partial charge in [0.25, 0.3) is 5.91 Å².